The number of nitriles is 1. The van der Waals surface area contributed by atoms with Crippen LogP contribution in [0.25, 0.3) is 0 Å². The van der Waals surface area contributed by atoms with E-state index in [4.69, 9.17) is 14.7 Å². The van der Waals surface area contributed by atoms with Gasteiger partial charge in [0, 0.05) is 26.3 Å². The maximum atomic E-state index is 9.09. The maximum absolute atomic E-state index is 9.09. The smallest absolute Gasteiger partial charge is 0.137 e. The van der Waals surface area contributed by atoms with Gasteiger partial charge in [-0.05, 0) is 29.8 Å². The van der Waals surface area contributed by atoms with E-state index in [0.717, 1.165) is 17.8 Å². The molecule has 0 aromatic heterocycles. The van der Waals surface area contributed by atoms with Gasteiger partial charge in [0.25, 0.3) is 0 Å². The molecule has 0 spiro atoms. The van der Waals surface area contributed by atoms with Crippen molar-refractivity contribution in [3.8, 4) is 11.8 Å². The number of nitrogens with one attached hydrogen (secondary N) is 1. The summed E-state index contributed by atoms with van der Waals surface area (Å²) in [4.78, 5) is 2.07. The Hall–Kier alpha value is -2.55. The highest BCUT2D eigenvalue weighted by Crippen LogP contribution is 2.24. The van der Waals surface area contributed by atoms with Crippen LogP contribution in [0.2, 0.25) is 0 Å². The van der Waals surface area contributed by atoms with Crippen LogP contribution in [0.5, 0.6) is 5.75 Å². The minimum atomic E-state index is -0.124. The van der Waals surface area contributed by atoms with Crippen molar-refractivity contribution in [1.82, 2.24) is 5.32 Å². The molecule has 5 heteroatoms. The molecule has 0 radical (unpaired) electrons. The van der Waals surface area contributed by atoms with Gasteiger partial charge in [-0.2, -0.15) is 5.26 Å². The number of benzene rings is 2. The second-order valence-electron chi connectivity index (χ2n) is 5.95. The zero-order valence-corrected chi connectivity index (χ0v) is 13.9. The van der Waals surface area contributed by atoms with Crippen LogP contribution in [0.4, 0.5) is 5.69 Å². The highest BCUT2D eigenvalue weighted by molar-refractivity contribution is 5.46. The first-order valence-electron chi connectivity index (χ1n) is 7.95. The predicted octanol–water partition coefficient (Wildman–Crippen LogP) is 2.69. The molecule has 0 bridgehead atoms. The molecule has 1 saturated heterocycles. The average molecular weight is 323 g/mol. The van der Waals surface area contributed by atoms with Gasteiger partial charge in [-0.15, -0.1) is 0 Å². The molecule has 0 amide bonds. The maximum Gasteiger partial charge on any atom is 0.137 e. The lowest BCUT2D eigenvalue weighted by Crippen LogP contribution is -2.22. The SMILES string of the molecule is CN(C)c1ccc([C@@H]2NC[C@@H](COc3ccccc3C#N)O2)cc1. The van der Waals surface area contributed by atoms with Gasteiger partial charge in [-0.25, -0.2) is 0 Å². The Labute approximate surface area is 142 Å². The molecular formula is C19H21N3O2. The van der Waals surface area contributed by atoms with Gasteiger partial charge in [0.2, 0.25) is 0 Å². The molecule has 124 valence electrons. The van der Waals surface area contributed by atoms with Crippen molar-refractivity contribution < 1.29 is 9.47 Å². The lowest BCUT2D eigenvalue weighted by molar-refractivity contribution is 0.0158. The number of rotatable bonds is 5. The van der Waals surface area contributed by atoms with E-state index in [0.29, 0.717) is 17.9 Å². The van der Waals surface area contributed by atoms with Crippen molar-refractivity contribution in [3.63, 3.8) is 0 Å². The molecule has 5 nitrogen and oxygen atoms in total. The number of ether oxygens (including phenoxy) is 2. The van der Waals surface area contributed by atoms with Gasteiger partial charge in [0.05, 0.1) is 5.56 Å². The number of hydrogen-bond acceptors (Lipinski definition) is 5. The fourth-order valence-corrected chi connectivity index (χ4v) is 2.64. The Morgan fingerprint density at radius 3 is 2.67 bits per heavy atom. The zero-order chi connectivity index (χ0) is 16.9. The van der Waals surface area contributed by atoms with E-state index in [1.54, 1.807) is 12.1 Å². The van der Waals surface area contributed by atoms with Crippen molar-refractivity contribution in [2.45, 2.75) is 12.3 Å². The highest BCUT2D eigenvalue weighted by Gasteiger charge is 2.26. The fourth-order valence-electron chi connectivity index (χ4n) is 2.64. The Bertz CT molecular complexity index is 722. The normalized spacial score (nSPS) is 19.7. The third-order valence-corrected chi connectivity index (χ3v) is 4.00. The fraction of sp³-hybridized carbons (Fsp3) is 0.316. The molecule has 0 saturated carbocycles. The summed E-state index contributed by atoms with van der Waals surface area (Å²) < 4.78 is 11.8. The third kappa shape index (κ3) is 3.67. The summed E-state index contributed by atoms with van der Waals surface area (Å²) in [5.74, 6) is 0.599. The van der Waals surface area contributed by atoms with Crippen LogP contribution >= 0.6 is 0 Å². The van der Waals surface area contributed by atoms with E-state index in [1.165, 1.54) is 0 Å². The minimum Gasteiger partial charge on any atom is -0.489 e. The Morgan fingerprint density at radius 1 is 1.21 bits per heavy atom. The molecule has 24 heavy (non-hydrogen) atoms. The largest absolute Gasteiger partial charge is 0.489 e. The van der Waals surface area contributed by atoms with Crippen LogP contribution in [0, 0.1) is 11.3 Å². The average Bonchev–Trinajstić information content (AvgIpc) is 3.09. The second-order valence-corrected chi connectivity index (χ2v) is 5.95. The van der Waals surface area contributed by atoms with Gasteiger partial charge in [-0.1, -0.05) is 24.3 Å². The summed E-state index contributed by atoms with van der Waals surface area (Å²) in [6, 6.07) is 17.7. The molecule has 0 unspecified atom stereocenters. The van der Waals surface area contributed by atoms with E-state index < -0.39 is 0 Å². The number of nitrogens with zero attached hydrogens (tertiary/aromatic N) is 2. The third-order valence-electron chi connectivity index (χ3n) is 4.00. The van der Waals surface area contributed by atoms with Crippen molar-refractivity contribution in [3.05, 3.63) is 59.7 Å². The van der Waals surface area contributed by atoms with Gasteiger partial charge in [0.15, 0.2) is 0 Å². The molecule has 3 rings (SSSR count). The van der Waals surface area contributed by atoms with Crippen LogP contribution in [-0.4, -0.2) is 33.4 Å². The summed E-state index contributed by atoms with van der Waals surface area (Å²) in [7, 11) is 4.04. The second kappa shape index (κ2) is 7.35. The van der Waals surface area contributed by atoms with E-state index in [9.17, 15) is 0 Å². The minimum absolute atomic E-state index is 0.0460. The molecule has 2 aromatic rings. The first kappa shape index (κ1) is 16.3. The predicted molar refractivity (Wildman–Crippen MR) is 93.0 cm³/mol. The molecule has 2 aromatic carbocycles. The molecule has 1 heterocycles. The quantitative estimate of drug-likeness (QED) is 0.917. The summed E-state index contributed by atoms with van der Waals surface area (Å²) in [5, 5.41) is 12.4. The van der Waals surface area contributed by atoms with Gasteiger partial charge in [0.1, 0.15) is 30.8 Å². The van der Waals surface area contributed by atoms with Crippen LogP contribution in [0.3, 0.4) is 0 Å². The molecule has 1 fully saturated rings. The Morgan fingerprint density at radius 2 is 1.96 bits per heavy atom. The van der Waals surface area contributed by atoms with Crippen molar-refractivity contribution >= 4 is 5.69 Å². The Kier molecular flexibility index (Phi) is 4.99. The molecule has 1 aliphatic heterocycles. The van der Waals surface area contributed by atoms with Crippen LogP contribution in [-0.2, 0) is 4.74 Å². The van der Waals surface area contributed by atoms with E-state index >= 15 is 0 Å². The van der Waals surface area contributed by atoms with Gasteiger partial charge in [-0.3, -0.25) is 5.32 Å². The van der Waals surface area contributed by atoms with Crippen LogP contribution < -0.4 is 15.0 Å². The lowest BCUT2D eigenvalue weighted by atomic mass is 10.2. The highest BCUT2D eigenvalue weighted by atomic mass is 16.6. The Balaban J connectivity index is 1.56. The first-order valence-corrected chi connectivity index (χ1v) is 7.95. The van der Waals surface area contributed by atoms with E-state index in [2.05, 4.69) is 40.6 Å². The van der Waals surface area contributed by atoms with Gasteiger partial charge >= 0.3 is 0 Å². The van der Waals surface area contributed by atoms with Crippen molar-refractivity contribution in [1.29, 1.82) is 5.26 Å². The van der Waals surface area contributed by atoms with Crippen molar-refractivity contribution in [2.24, 2.45) is 0 Å². The standard InChI is InChI=1S/C19H21N3O2/c1-22(2)16-9-7-14(8-10-16)19-21-12-17(24-19)13-23-18-6-4-3-5-15(18)11-20/h3-10,17,19,21H,12-13H2,1-2H3/t17-,19+/m0/s1. The summed E-state index contributed by atoms with van der Waals surface area (Å²) in [5.41, 5.74) is 2.80. The molecule has 2 atom stereocenters. The number of para-hydroxylation sites is 1. The van der Waals surface area contributed by atoms with Crippen molar-refractivity contribution in [2.75, 3.05) is 32.1 Å². The topological polar surface area (TPSA) is 57.5 Å². The summed E-state index contributed by atoms with van der Waals surface area (Å²) in [6.45, 7) is 1.13. The van der Waals surface area contributed by atoms with E-state index in [-0.39, 0.29) is 12.3 Å². The zero-order valence-electron chi connectivity index (χ0n) is 13.9. The van der Waals surface area contributed by atoms with Gasteiger partial charge < -0.3 is 14.4 Å². The molecule has 1 aliphatic rings. The molecular weight excluding hydrogens is 302 g/mol. The molecule has 1 N–H and O–H groups in total. The summed E-state index contributed by atoms with van der Waals surface area (Å²) >= 11 is 0. The monoisotopic (exact) mass is 323 g/mol. The number of hydrogen-bond donors (Lipinski definition) is 1. The first-order chi connectivity index (χ1) is 11.7. The van der Waals surface area contributed by atoms with Crippen LogP contribution in [0.15, 0.2) is 48.5 Å². The van der Waals surface area contributed by atoms with Crippen LogP contribution in [0.1, 0.15) is 17.4 Å². The number of anilines is 1. The molecule has 0 aliphatic carbocycles. The lowest BCUT2D eigenvalue weighted by Gasteiger charge is -2.16. The van der Waals surface area contributed by atoms with E-state index in [1.807, 2.05) is 26.2 Å². The summed E-state index contributed by atoms with van der Waals surface area (Å²) in [6.07, 6.45) is -0.170.